The first-order chi connectivity index (χ1) is 8.65. The number of hydrogen-bond donors (Lipinski definition) is 1. The maximum Gasteiger partial charge on any atom is 0.252 e. The van der Waals surface area contributed by atoms with Gasteiger partial charge in [-0.05, 0) is 18.2 Å². The summed E-state index contributed by atoms with van der Waals surface area (Å²) in [5.74, 6) is -0.277. The molecule has 2 rings (SSSR count). The third kappa shape index (κ3) is 2.81. The first-order valence-electron chi connectivity index (χ1n) is 5.72. The average molecular weight is 265 g/mol. The Morgan fingerprint density at radius 1 is 1.44 bits per heavy atom. The Morgan fingerprint density at radius 3 is 2.78 bits per heavy atom. The van der Waals surface area contributed by atoms with Crippen LogP contribution in [0.25, 0.3) is 0 Å². The molecular formula is C13H13ClN2O2. The van der Waals surface area contributed by atoms with Gasteiger partial charge in [-0.1, -0.05) is 17.7 Å². The fourth-order valence-electron chi connectivity index (χ4n) is 1.90. The molecule has 0 aromatic heterocycles. The summed E-state index contributed by atoms with van der Waals surface area (Å²) < 4.78 is 5.21. The van der Waals surface area contributed by atoms with Crippen molar-refractivity contribution in [1.82, 2.24) is 5.32 Å². The molecule has 1 aromatic carbocycles. The summed E-state index contributed by atoms with van der Waals surface area (Å²) in [6, 6.07) is 8.85. The number of nitrogens with one attached hydrogen (secondary N) is 1. The minimum absolute atomic E-state index is 0.277. The summed E-state index contributed by atoms with van der Waals surface area (Å²) in [6.45, 7) is 0.979. The van der Waals surface area contributed by atoms with Gasteiger partial charge in [0.15, 0.2) is 0 Å². The molecule has 0 atom stereocenters. The van der Waals surface area contributed by atoms with Gasteiger partial charge in [0.25, 0.3) is 5.91 Å². The highest BCUT2D eigenvalue weighted by atomic mass is 35.5. The number of rotatable bonds is 2. The van der Waals surface area contributed by atoms with E-state index in [4.69, 9.17) is 16.3 Å². The van der Waals surface area contributed by atoms with Crippen molar-refractivity contribution in [3.8, 4) is 6.07 Å². The molecule has 1 aliphatic heterocycles. The molecule has 0 aliphatic carbocycles. The van der Waals surface area contributed by atoms with E-state index in [0.29, 0.717) is 36.6 Å². The summed E-state index contributed by atoms with van der Waals surface area (Å²) in [4.78, 5) is 12.1. The number of halogens is 1. The summed E-state index contributed by atoms with van der Waals surface area (Å²) >= 11 is 5.84. The Hall–Kier alpha value is -1.57. The van der Waals surface area contributed by atoms with Gasteiger partial charge in [0.2, 0.25) is 0 Å². The van der Waals surface area contributed by atoms with Crippen molar-refractivity contribution in [2.24, 2.45) is 0 Å². The Morgan fingerprint density at radius 2 is 2.17 bits per heavy atom. The van der Waals surface area contributed by atoms with E-state index in [1.54, 1.807) is 24.3 Å². The molecule has 1 aliphatic rings. The number of carbonyl (C=O) groups is 1. The second-order valence-corrected chi connectivity index (χ2v) is 4.71. The smallest absolute Gasteiger partial charge is 0.252 e. The Balaban J connectivity index is 2.13. The topological polar surface area (TPSA) is 62.1 Å². The molecule has 0 unspecified atom stereocenters. The van der Waals surface area contributed by atoms with Crippen LogP contribution >= 0.6 is 11.6 Å². The van der Waals surface area contributed by atoms with Crippen LogP contribution in [0.15, 0.2) is 24.3 Å². The number of benzene rings is 1. The third-order valence-electron chi connectivity index (χ3n) is 3.00. The van der Waals surface area contributed by atoms with Crippen molar-refractivity contribution in [2.75, 3.05) is 13.2 Å². The van der Waals surface area contributed by atoms with Crippen LogP contribution in [0.5, 0.6) is 0 Å². The number of nitriles is 1. The second-order valence-electron chi connectivity index (χ2n) is 4.27. The fraction of sp³-hybridized carbons (Fsp3) is 0.385. The highest BCUT2D eigenvalue weighted by Gasteiger charge is 2.34. The van der Waals surface area contributed by atoms with Crippen LogP contribution in [0.1, 0.15) is 23.2 Å². The Bertz CT molecular complexity index is 490. The first-order valence-corrected chi connectivity index (χ1v) is 6.10. The highest BCUT2D eigenvalue weighted by molar-refractivity contribution is 6.30. The predicted octanol–water partition coefficient (Wildman–Crippen LogP) is 2.14. The van der Waals surface area contributed by atoms with Gasteiger partial charge in [-0.15, -0.1) is 0 Å². The Labute approximate surface area is 111 Å². The van der Waals surface area contributed by atoms with Crippen molar-refractivity contribution in [3.05, 3.63) is 34.9 Å². The van der Waals surface area contributed by atoms with Crippen molar-refractivity contribution in [2.45, 2.75) is 18.4 Å². The molecule has 0 saturated carbocycles. The minimum atomic E-state index is -0.822. The second kappa shape index (κ2) is 5.38. The quantitative estimate of drug-likeness (QED) is 0.890. The van der Waals surface area contributed by atoms with Crippen molar-refractivity contribution >= 4 is 17.5 Å². The molecular weight excluding hydrogens is 252 g/mol. The molecule has 0 bridgehead atoms. The van der Waals surface area contributed by atoms with Crippen LogP contribution in [0, 0.1) is 11.3 Å². The molecule has 1 N–H and O–H groups in total. The van der Waals surface area contributed by atoms with Gasteiger partial charge >= 0.3 is 0 Å². The number of nitrogens with zero attached hydrogens (tertiary/aromatic N) is 1. The molecule has 1 aromatic rings. The van der Waals surface area contributed by atoms with Gasteiger partial charge in [0.05, 0.1) is 6.07 Å². The van der Waals surface area contributed by atoms with Gasteiger partial charge < -0.3 is 10.1 Å². The van der Waals surface area contributed by atoms with Crippen LogP contribution in [0.4, 0.5) is 0 Å². The molecule has 1 fully saturated rings. The van der Waals surface area contributed by atoms with E-state index in [-0.39, 0.29) is 5.91 Å². The van der Waals surface area contributed by atoms with Gasteiger partial charge in [-0.2, -0.15) is 5.26 Å². The SMILES string of the molecule is N#CC1(NC(=O)c2cccc(Cl)c2)CCOCC1. The zero-order chi connectivity index (χ0) is 13.0. The Kier molecular flexibility index (Phi) is 3.85. The molecule has 1 amide bonds. The number of carbonyl (C=O) groups excluding carboxylic acids is 1. The van der Waals surface area contributed by atoms with Crippen LogP contribution in [-0.4, -0.2) is 24.7 Å². The normalized spacial score (nSPS) is 17.8. The monoisotopic (exact) mass is 264 g/mol. The molecule has 5 heteroatoms. The summed E-state index contributed by atoms with van der Waals surface area (Å²) in [6.07, 6.45) is 1.02. The lowest BCUT2D eigenvalue weighted by atomic mass is 9.91. The largest absolute Gasteiger partial charge is 0.381 e. The van der Waals surface area contributed by atoms with Crippen LogP contribution < -0.4 is 5.32 Å². The molecule has 4 nitrogen and oxygen atoms in total. The van der Waals surface area contributed by atoms with Crippen LogP contribution in [-0.2, 0) is 4.74 Å². The van der Waals surface area contributed by atoms with Gasteiger partial charge in [-0.25, -0.2) is 0 Å². The van der Waals surface area contributed by atoms with E-state index < -0.39 is 5.54 Å². The lowest BCUT2D eigenvalue weighted by Gasteiger charge is -2.31. The molecule has 18 heavy (non-hydrogen) atoms. The van der Waals surface area contributed by atoms with E-state index in [1.807, 2.05) is 0 Å². The molecule has 0 radical (unpaired) electrons. The van der Waals surface area contributed by atoms with Gasteiger partial charge in [0, 0.05) is 36.6 Å². The van der Waals surface area contributed by atoms with E-state index in [0.717, 1.165) is 0 Å². The fourth-order valence-corrected chi connectivity index (χ4v) is 2.09. The predicted molar refractivity (Wildman–Crippen MR) is 67.3 cm³/mol. The maximum absolute atomic E-state index is 12.1. The first kappa shape index (κ1) is 12.9. The molecule has 0 spiro atoms. The summed E-state index contributed by atoms with van der Waals surface area (Å²) in [5.41, 5.74) is -0.360. The summed E-state index contributed by atoms with van der Waals surface area (Å²) in [5, 5.41) is 12.5. The van der Waals surface area contributed by atoms with Gasteiger partial charge in [0.1, 0.15) is 5.54 Å². The molecule has 1 heterocycles. The lowest BCUT2D eigenvalue weighted by molar-refractivity contribution is 0.0531. The standard InChI is InChI=1S/C13H13ClN2O2/c14-11-3-1-2-10(8-11)12(17)16-13(9-15)4-6-18-7-5-13/h1-3,8H,4-7H2,(H,16,17). The molecule has 94 valence electrons. The van der Waals surface area contributed by atoms with E-state index in [2.05, 4.69) is 11.4 Å². The number of amides is 1. The van der Waals surface area contributed by atoms with Crippen LogP contribution in [0.2, 0.25) is 5.02 Å². The van der Waals surface area contributed by atoms with Gasteiger partial charge in [-0.3, -0.25) is 4.79 Å². The van der Waals surface area contributed by atoms with Crippen molar-refractivity contribution in [1.29, 1.82) is 5.26 Å². The van der Waals surface area contributed by atoms with E-state index in [9.17, 15) is 10.1 Å². The lowest BCUT2D eigenvalue weighted by Crippen LogP contribution is -2.50. The van der Waals surface area contributed by atoms with Crippen molar-refractivity contribution in [3.63, 3.8) is 0 Å². The number of hydrogen-bond acceptors (Lipinski definition) is 3. The highest BCUT2D eigenvalue weighted by Crippen LogP contribution is 2.21. The minimum Gasteiger partial charge on any atom is -0.381 e. The van der Waals surface area contributed by atoms with E-state index >= 15 is 0 Å². The summed E-state index contributed by atoms with van der Waals surface area (Å²) in [7, 11) is 0. The maximum atomic E-state index is 12.1. The van der Waals surface area contributed by atoms with Crippen molar-refractivity contribution < 1.29 is 9.53 Å². The average Bonchev–Trinajstić information content (AvgIpc) is 2.40. The van der Waals surface area contributed by atoms with E-state index in [1.165, 1.54) is 0 Å². The third-order valence-corrected chi connectivity index (χ3v) is 3.24. The zero-order valence-corrected chi connectivity index (χ0v) is 10.5. The number of ether oxygens (including phenoxy) is 1. The molecule has 1 saturated heterocycles. The van der Waals surface area contributed by atoms with Crippen LogP contribution in [0.3, 0.4) is 0 Å². The zero-order valence-electron chi connectivity index (χ0n) is 9.78.